The van der Waals surface area contributed by atoms with Crippen LogP contribution in [0.25, 0.3) is 0 Å². The van der Waals surface area contributed by atoms with Gasteiger partial charge in [-0.1, -0.05) is 30.0 Å². The van der Waals surface area contributed by atoms with E-state index in [9.17, 15) is 9.59 Å². The second-order valence-corrected chi connectivity index (χ2v) is 10.8. The fraction of sp³-hybridized carbons (Fsp3) is 0.222. The van der Waals surface area contributed by atoms with Gasteiger partial charge in [-0.05, 0) is 35.9 Å². The van der Waals surface area contributed by atoms with Gasteiger partial charge in [0.05, 0.1) is 17.6 Å². The number of amides is 1. The van der Waals surface area contributed by atoms with Gasteiger partial charge in [0.2, 0.25) is 17.7 Å². The van der Waals surface area contributed by atoms with Crippen LogP contribution < -0.4 is 15.4 Å². The van der Waals surface area contributed by atoms with E-state index in [1.165, 1.54) is 11.8 Å². The van der Waals surface area contributed by atoms with E-state index in [1.807, 2.05) is 35.8 Å². The molecule has 0 spiro atoms. The summed E-state index contributed by atoms with van der Waals surface area (Å²) in [5, 5.41) is 3.12. The van der Waals surface area contributed by atoms with Crippen molar-refractivity contribution in [3.8, 4) is 5.88 Å². The lowest BCUT2D eigenvalue weighted by Crippen LogP contribution is -2.46. The second-order valence-electron chi connectivity index (χ2n) is 8.67. The Morgan fingerprint density at radius 2 is 1.92 bits per heavy atom. The largest absolute Gasteiger partial charge is 0.472 e. The molecule has 0 radical (unpaired) electrons. The highest BCUT2D eigenvalue weighted by Gasteiger charge is 2.21. The molecule has 1 aliphatic rings. The Morgan fingerprint density at radius 3 is 2.63 bits per heavy atom. The van der Waals surface area contributed by atoms with E-state index in [-0.39, 0.29) is 6.61 Å². The highest BCUT2D eigenvalue weighted by molar-refractivity contribution is 7.99. The number of benzene rings is 2. The van der Waals surface area contributed by atoms with Crippen molar-refractivity contribution in [3.05, 3.63) is 88.0 Å². The van der Waals surface area contributed by atoms with E-state index < -0.39 is 5.91 Å². The normalized spacial score (nSPS) is 13.8. The molecule has 194 valence electrons. The number of hydrogen-bond acceptors (Lipinski definition) is 10. The lowest BCUT2D eigenvalue weighted by molar-refractivity contribution is 0.0999. The predicted octanol–water partition coefficient (Wildman–Crippen LogP) is 3.90. The summed E-state index contributed by atoms with van der Waals surface area (Å²) in [6.07, 6.45) is 4.43. The Labute approximate surface area is 228 Å². The number of nitrogens with zero attached hydrogens (tertiary/aromatic N) is 5. The van der Waals surface area contributed by atoms with Crippen LogP contribution in [-0.4, -0.2) is 58.2 Å². The van der Waals surface area contributed by atoms with Crippen LogP contribution in [0.1, 0.15) is 31.3 Å². The number of piperazine rings is 1. The predicted molar refractivity (Wildman–Crippen MR) is 147 cm³/mol. The van der Waals surface area contributed by atoms with Crippen LogP contribution in [0.2, 0.25) is 0 Å². The molecule has 4 aromatic rings. The molecule has 2 aromatic carbocycles. The quantitative estimate of drug-likeness (QED) is 0.296. The number of carbonyl (C=O) groups is 2. The molecule has 1 fully saturated rings. The molecular weight excluding hydrogens is 520 g/mol. The van der Waals surface area contributed by atoms with Gasteiger partial charge in [0.25, 0.3) is 0 Å². The monoisotopic (exact) mass is 546 g/mol. The first-order valence-corrected chi connectivity index (χ1v) is 13.7. The van der Waals surface area contributed by atoms with Crippen LogP contribution >= 0.6 is 23.1 Å². The number of nitrogens with two attached hydrogens (primary N) is 1. The van der Waals surface area contributed by atoms with Crippen molar-refractivity contribution in [2.45, 2.75) is 22.9 Å². The van der Waals surface area contributed by atoms with E-state index in [0.717, 1.165) is 59.4 Å². The molecule has 1 amide bonds. The molecule has 3 heterocycles. The molecule has 2 N–H and O–H groups in total. The van der Waals surface area contributed by atoms with Crippen LogP contribution in [0.15, 0.2) is 76.1 Å². The van der Waals surface area contributed by atoms with Gasteiger partial charge in [-0.2, -0.15) is 4.98 Å². The molecule has 0 saturated carbocycles. The summed E-state index contributed by atoms with van der Waals surface area (Å²) in [5.41, 5.74) is 7.27. The van der Waals surface area contributed by atoms with Crippen LogP contribution in [0.4, 0.5) is 5.95 Å². The number of ether oxygens (including phenoxy) is 1. The van der Waals surface area contributed by atoms with Gasteiger partial charge in [0, 0.05) is 53.8 Å². The number of anilines is 1. The molecule has 0 unspecified atom stereocenters. The first-order valence-electron chi connectivity index (χ1n) is 12.0. The number of rotatable bonds is 10. The molecule has 1 saturated heterocycles. The lowest BCUT2D eigenvalue weighted by atomic mass is 10.1. The summed E-state index contributed by atoms with van der Waals surface area (Å²) >= 11 is 3.12. The SMILES string of the molecule is NC(=O)c1ccc(Sc2cnc(N3CCN(Cc4nccs4)CC3)nc2OCc2cccc(C=O)c2)cc1. The number of carbonyl (C=O) groups excluding carboxylic acids is 2. The maximum atomic E-state index is 11.4. The molecule has 9 nitrogen and oxygen atoms in total. The van der Waals surface area contributed by atoms with E-state index in [1.54, 1.807) is 41.8 Å². The Bertz CT molecular complexity index is 1390. The van der Waals surface area contributed by atoms with Crippen molar-refractivity contribution in [2.75, 3.05) is 31.1 Å². The molecule has 0 atom stereocenters. The van der Waals surface area contributed by atoms with Crippen molar-refractivity contribution < 1.29 is 14.3 Å². The minimum absolute atomic E-state index is 0.258. The second kappa shape index (κ2) is 12.2. The molecule has 5 rings (SSSR count). The van der Waals surface area contributed by atoms with Crippen molar-refractivity contribution in [1.82, 2.24) is 19.9 Å². The zero-order chi connectivity index (χ0) is 26.3. The summed E-state index contributed by atoms with van der Waals surface area (Å²) in [4.78, 5) is 42.6. The lowest BCUT2D eigenvalue weighted by Gasteiger charge is -2.34. The summed E-state index contributed by atoms with van der Waals surface area (Å²) in [6, 6.07) is 14.3. The average molecular weight is 547 g/mol. The average Bonchev–Trinajstić information content (AvgIpc) is 3.46. The van der Waals surface area contributed by atoms with Crippen molar-refractivity contribution in [3.63, 3.8) is 0 Å². The number of aldehydes is 1. The minimum atomic E-state index is -0.470. The van der Waals surface area contributed by atoms with Gasteiger partial charge < -0.3 is 15.4 Å². The van der Waals surface area contributed by atoms with Crippen molar-refractivity contribution in [2.24, 2.45) is 5.73 Å². The Balaban J connectivity index is 1.33. The zero-order valence-corrected chi connectivity index (χ0v) is 22.2. The highest BCUT2D eigenvalue weighted by atomic mass is 32.2. The minimum Gasteiger partial charge on any atom is -0.472 e. The Morgan fingerprint density at radius 1 is 1.11 bits per heavy atom. The maximum Gasteiger partial charge on any atom is 0.248 e. The van der Waals surface area contributed by atoms with Gasteiger partial charge in [0.1, 0.15) is 17.9 Å². The van der Waals surface area contributed by atoms with Gasteiger partial charge in [0.15, 0.2) is 0 Å². The van der Waals surface area contributed by atoms with E-state index in [4.69, 9.17) is 15.5 Å². The van der Waals surface area contributed by atoms with Gasteiger partial charge in [-0.3, -0.25) is 14.5 Å². The zero-order valence-electron chi connectivity index (χ0n) is 20.5. The summed E-state index contributed by atoms with van der Waals surface area (Å²) in [5.74, 6) is 0.604. The van der Waals surface area contributed by atoms with Gasteiger partial charge >= 0.3 is 0 Å². The Hall–Kier alpha value is -3.80. The molecular formula is C27H26N6O3S2. The van der Waals surface area contributed by atoms with Crippen molar-refractivity contribution in [1.29, 1.82) is 0 Å². The molecule has 0 aliphatic carbocycles. The maximum absolute atomic E-state index is 11.4. The molecule has 11 heteroatoms. The van der Waals surface area contributed by atoms with Crippen LogP contribution in [0.5, 0.6) is 5.88 Å². The first-order chi connectivity index (χ1) is 18.6. The fourth-order valence-electron chi connectivity index (χ4n) is 4.02. The third-order valence-electron chi connectivity index (χ3n) is 6.04. The van der Waals surface area contributed by atoms with Crippen LogP contribution in [-0.2, 0) is 13.2 Å². The smallest absolute Gasteiger partial charge is 0.248 e. The van der Waals surface area contributed by atoms with E-state index in [2.05, 4.69) is 19.8 Å². The topological polar surface area (TPSA) is 115 Å². The Kier molecular flexibility index (Phi) is 8.27. The third kappa shape index (κ3) is 6.55. The molecule has 38 heavy (non-hydrogen) atoms. The number of hydrogen-bond donors (Lipinski definition) is 1. The van der Waals surface area contributed by atoms with E-state index >= 15 is 0 Å². The van der Waals surface area contributed by atoms with Gasteiger partial charge in [-0.25, -0.2) is 9.97 Å². The number of thiazole rings is 1. The van der Waals surface area contributed by atoms with Crippen molar-refractivity contribution >= 4 is 41.2 Å². The molecule has 0 bridgehead atoms. The number of primary amides is 1. The third-order valence-corrected chi connectivity index (χ3v) is 7.81. The first kappa shape index (κ1) is 25.8. The fourth-order valence-corrected chi connectivity index (χ4v) is 5.50. The summed E-state index contributed by atoms with van der Waals surface area (Å²) in [7, 11) is 0. The van der Waals surface area contributed by atoms with Crippen LogP contribution in [0, 0.1) is 0 Å². The summed E-state index contributed by atoms with van der Waals surface area (Å²) < 4.78 is 6.17. The van der Waals surface area contributed by atoms with Crippen LogP contribution in [0.3, 0.4) is 0 Å². The highest BCUT2D eigenvalue weighted by Crippen LogP contribution is 2.35. The van der Waals surface area contributed by atoms with Gasteiger partial charge in [-0.15, -0.1) is 11.3 Å². The molecule has 2 aromatic heterocycles. The molecule has 1 aliphatic heterocycles. The standard InChI is InChI=1S/C27H26N6O3S2/c28-25(35)21-4-6-22(7-5-21)38-23-15-30-27(31-26(23)36-18-20-3-1-2-19(14-20)17-34)33-11-9-32(10-12-33)16-24-29-8-13-37-24/h1-8,13-15,17H,9-12,16,18H2,(H2,28,35). The summed E-state index contributed by atoms with van der Waals surface area (Å²) in [6.45, 7) is 4.49. The van der Waals surface area contributed by atoms with E-state index in [0.29, 0.717) is 23.0 Å². The number of aromatic nitrogens is 3.